The standard InChI is InChI=1S/C24H30N2O8/c1-14(2)22(23(29)25-12-16-6-8-18(28)20(10-16)31-4)26-24(30)33-13-17-7-9-19(34-15(3)27)21(11-17)32-5/h6-11,14,22,28H,12-13H2,1-5H3,(H,25,29)(H,26,30)/t22-/m0/s1. The number of rotatable bonds is 10. The highest BCUT2D eigenvalue weighted by molar-refractivity contribution is 5.85. The van der Waals surface area contributed by atoms with E-state index in [1.807, 2.05) is 0 Å². The van der Waals surface area contributed by atoms with Crippen molar-refractivity contribution in [3.8, 4) is 23.0 Å². The first-order valence-corrected chi connectivity index (χ1v) is 10.6. The van der Waals surface area contributed by atoms with Crippen LogP contribution in [0.5, 0.6) is 23.0 Å². The van der Waals surface area contributed by atoms with Gasteiger partial charge < -0.3 is 34.7 Å². The molecule has 0 aliphatic rings. The van der Waals surface area contributed by atoms with Crippen molar-refractivity contribution in [2.75, 3.05) is 14.2 Å². The lowest BCUT2D eigenvalue weighted by Gasteiger charge is -2.21. The molecule has 34 heavy (non-hydrogen) atoms. The van der Waals surface area contributed by atoms with E-state index >= 15 is 0 Å². The first kappa shape index (κ1) is 26.3. The third kappa shape index (κ3) is 7.58. The molecule has 10 heteroatoms. The van der Waals surface area contributed by atoms with Gasteiger partial charge in [0.05, 0.1) is 14.2 Å². The summed E-state index contributed by atoms with van der Waals surface area (Å²) in [6.45, 7) is 4.98. The van der Waals surface area contributed by atoms with Crippen molar-refractivity contribution in [1.29, 1.82) is 0 Å². The number of amides is 2. The van der Waals surface area contributed by atoms with Crippen molar-refractivity contribution in [2.24, 2.45) is 5.92 Å². The molecular formula is C24H30N2O8. The zero-order valence-corrected chi connectivity index (χ0v) is 19.8. The lowest BCUT2D eigenvalue weighted by Crippen LogP contribution is -2.49. The van der Waals surface area contributed by atoms with Gasteiger partial charge in [-0.25, -0.2) is 4.79 Å². The van der Waals surface area contributed by atoms with Gasteiger partial charge in [-0.2, -0.15) is 0 Å². The molecule has 0 radical (unpaired) electrons. The molecule has 2 aromatic rings. The van der Waals surface area contributed by atoms with Gasteiger partial charge >= 0.3 is 12.1 Å². The highest BCUT2D eigenvalue weighted by atomic mass is 16.6. The molecule has 0 saturated carbocycles. The Bertz CT molecular complexity index is 1020. The van der Waals surface area contributed by atoms with E-state index in [1.54, 1.807) is 44.2 Å². The molecule has 0 unspecified atom stereocenters. The summed E-state index contributed by atoms with van der Waals surface area (Å²) >= 11 is 0. The molecule has 0 aliphatic carbocycles. The van der Waals surface area contributed by atoms with Crippen LogP contribution < -0.4 is 24.8 Å². The highest BCUT2D eigenvalue weighted by Gasteiger charge is 2.25. The Morgan fingerprint density at radius 3 is 2.21 bits per heavy atom. The summed E-state index contributed by atoms with van der Waals surface area (Å²) in [6.07, 6.45) is -0.761. The van der Waals surface area contributed by atoms with Gasteiger partial charge in [-0.3, -0.25) is 9.59 Å². The van der Waals surface area contributed by atoms with Crippen molar-refractivity contribution in [3.05, 3.63) is 47.5 Å². The summed E-state index contributed by atoms with van der Waals surface area (Å²) < 4.78 is 20.6. The van der Waals surface area contributed by atoms with Crippen LogP contribution in [-0.4, -0.2) is 43.3 Å². The second-order valence-corrected chi connectivity index (χ2v) is 7.75. The molecule has 184 valence electrons. The number of aromatic hydroxyl groups is 1. The molecule has 10 nitrogen and oxygen atoms in total. The first-order chi connectivity index (χ1) is 16.1. The predicted octanol–water partition coefficient (Wildman–Crippen LogP) is 2.90. The van der Waals surface area contributed by atoms with E-state index < -0.39 is 18.1 Å². The predicted molar refractivity (Wildman–Crippen MR) is 123 cm³/mol. The first-order valence-electron chi connectivity index (χ1n) is 10.6. The van der Waals surface area contributed by atoms with Crippen LogP contribution >= 0.6 is 0 Å². The lowest BCUT2D eigenvalue weighted by atomic mass is 10.0. The SMILES string of the molecule is COc1cc(CNC(=O)[C@@H](NC(=O)OCc2ccc(OC(C)=O)c(OC)c2)C(C)C)ccc1O. The second-order valence-electron chi connectivity index (χ2n) is 7.75. The van der Waals surface area contributed by atoms with Crippen molar-refractivity contribution < 1.29 is 38.4 Å². The fourth-order valence-electron chi connectivity index (χ4n) is 3.02. The Morgan fingerprint density at radius 2 is 1.59 bits per heavy atom. The van der Waals surface area contributed by atoms with Crippen LogP contribution in [0.4, 0.5) is 4.79 Å². The molecule has 2 amide bonds. The zero-order chi connectivity index (χ0) is 25.3. The molecular weight excluding hydrogens is 444 g/mol. The molecule has 0 fully saturated rings. The fraction of sp³-hybridized carbons (Fsp3) is 0.375. The Hall–Kier alpha value is -3.95. The number of alkyl carbamates (subject to hydrolysis) is 1. The summed E-state index contributed by atoms with van der Waals surface area (Å²) in [5.74, 6) is -0.194. The summed E-state index contributed by atoms with van der Waals surface area (Å²) in [6, 6.07) is 8.68. The number of hydrogen-bond acceptors (Lipinski definition) is 8. The van der Waals surface area contributed by atoms with E-state index in [-0.39, 0.29) is 36.5 Å². The molecule has 0 saturated heterocycles. The summed E-state index contributed by atoms with van der Waals surface area (Å²) in [5.41, 5.74) is 1.33. The average Bonchev–Trinajstić information content (AvgIpc) is 2.80. The van der Waals surface area contributed by atoms with E-state index in [1.165, 1.54) is 27.2 Å². The van der Waals surface area contributed by atoms with E-state index in [0.717, 1.165) is 5.56 Å². The topological polar surface area (TPSA) is 132 Å². The van der Waals surface area contributed by atoms with Gasteiger partial charge in [0.15, 0.2) is 23.0 Å². The number of phenols is 1. The van der Waals surface area contributed by atoms with Crippen LogP contribution in [0, 0.1) is 5.92 Å². The maximum atomic E-state index is 12.7. The van der Waals surface area contributed by atoms with E-state index in [9.17, 15) is 19.5 Å². The van der Waals surface area contributed by atoms with Crippen LogP contribution in [0.1, 0.15) is 31.9 Å². The van der Waals surface area contributed by atoms with E-state index in [0.29, 0.717) is 17.1 Å². The summed E-state index contributed by atoms with van der Waals surface area (Å²) in [4.78, 5) is 36.2. The molecule has 3 N–H and O–H groups in total. The van der Waals surface area contributed by atoms with Gasteiger partial charge in [0.2, 0.25) is 5.91 Å². The minimum Gasteiger partial charge on any atom is -0.504 e. The van der Waals surface area contributed by atoms with Crippen LogP contribution in [-0.2, 0) is 27.5 Å². The Labute approximate surface area is 198 Å². The van der Waals surface area contributed by atoms with Gasteiger partial charge in [-0.1, -0.05) is 26.0 Å². The van der Waals surface area contributed by atoms with Crippen LogP contribution in [0.15, 0.2) is 36.4 Å². The number of hydrogen-bond donors (Lipinski definition) is 3. The third-order valence-corrected chi connectivity index (χ3v) is 4.79. The monoisotopic (exact) mass is 474 g/mol. The Balaban J connectivity index is 1.94. The molecule has 0 aromatic heterocycles. The molecule has 0 aliphatic heterocycles. The van der Waals surface area contributed by atoms with Gasteiger partial charge in [0.1, 0.15) is 12.6 Å². The molecule has 1 atom stereocenters. The smallest absolute Gasteiger partial charge is 0.408 e. The number of ether oxygens (including phenoxy) is 4. The number of carbonyl (C=O) groups is 3. The molecule has 0 heterocycles. The Kier molecular flexibility index (Phi) is 9.54. The largest absolute Gasteiger partial charge is 0.504 e. The fourth-order valence-corrected chi connectivity index (χ4v) is 3.02. The number of methoxy groups -OCH3 is 2. The van der Waals surface area contributed by atoms with Crippen molar-refractivity contribution >= 4 is 18.0 Å². The molecule has 2 aromatic carbocycles. The zero-order valence-electron chi connectivity index (χ0n) is 19.8. The van der Waals surface area contributed by atoms with Gasteiger partial charge in [-0.15, -0.1) is 0 Å². The summed E-state index contributed by atoms with van der Waals surface area (Å²) in [7, 11) is 2.87. The summed E-state index contributed by atoms with van der Waals surface area (Å²) in [5, 5.41) is 15.0. The van der Waals surface area contributed by atoms with Crippen LogP contribution in [0.3, 0.4) is 0 Å². The third-order valence-electron chi connectivity index (χ3n) is 4.79. The number of phenolic OH excluding ortho intramolecular Hbond substituents is 1. The van der Waals surface area contributed by atoms with E-state index in [2.05, 4.69) is 10.6 Å². The van der Waals surface area contributed by atoms with Crippen LogP contribution in [0.25, 0.3) is 0 Å². The van der Waals surface area contributed by atoms with Crippen molar-refractivity contribution in [1.82, 2.24) is 10.6 Å². The van der Waals surface area contributed by atoms with E-state index in [4.69, 9.17) is 18.9 Å². The quantitative estimate of drug-likeness (QED) is 0.354. The molecule has 0 spiro atoms. The Morgan fingerprint density at radius 1 is 0.941 bits per heavy atom. The minimum absolute atomic E-state index is 0.000633. The number of nitrogens with one attached hydrogen (secondary N) is 2. The molecule has 0 bridgehead atoms. The maximum Gasteiger partial charge on any atom is 0.408 e. The minimum atomic E-state index is -0.826. The van der Waals surface area contributed by atoms with Gasteiger partial charge in [0, 0.05) is 13.5 Å². The molecule has 2 rings (SSSR count). The van der Waals surface area contributed by atoms with Crippen LogP contribution in [0.2, 0.25) is 0 Å². The van der Waals surface area contributed by atoms with Gasteiger partial charge in [-0.05, 0) is 41.3 Å². The van der Waals surface area contributed by atoms with Crippen molar-refractivity contribution in [2.45, 2.75) is 40.0 Å². The van der Waals surface area contributed by atoms with Crippen molar-refractivity contribution in [3.63, 3.8) is 0 Å². The second kappa shape index (κ2) is 12.3. The number of carbonyl (C=O) groups excluding carboxylic acids is 3. The normalized spacial score (nSPS) is 11.4. The van der Waals surface area contributed by atoms with Gasteiger partial charge in [0.25, 0.3) is 0 Å². The number of esters is 1. The lowest BCUT2D eigenvalue weighted by molar-refractivity contribution is -0.132. The average molecular weight is 475 g/mol. The highest BCUT2D eigenvalue weighted by Crippen LogP contribution is 2.28. The maximum absolute atomic E-state index is 12.7. The number of benzene rings is 2.